The fourth-order valence-electron chi connectivity index (χ4n) is 3.00. The van der Waals surface area contributed by atoms with Gasteiger partial charge < -0.3 is 9.80 Å². The van der Waals surface area contributed by atoms with E-state index in [4.69, 9.17) is 81.2 Å². The molecule has 1 heterocycles. The lowest BCUT2D eigenvalue weighted by atomic mass is 10.00. The molecule has 0 atom stereocenters. The number of benzene rings is 2. The molecule has 0 aromatic heterocycles. The highest BCUT2D eigenvalue weighted by molar-refractivity contribution is 6.69. The van der Waals surface area contributed by atoms with Crippen molar-refractivity contribution in [3.63, 3.8) is 0 Å². The van der Waals surface area contributed by atoms with E-state index < -0.39 is 7.59 Å². The Bertz CT molecular complexity index is 900. The van der Waals surface area contributed by atoms with E-state index in [-0.39, 0.29) is 0 Å². The zero-order valence-electron chi connectivity index (χ0n) is 14.6. The van der Waals surface area contributed by atoms with Crippen molar-refractivity contribution in [3.05, 3.63) is 76.1 Å². The molecule has 2 nitrogen and oxygen atoms in total. The van der Waals surface area contributed by atoms with Crippen LogP contribution in [-0.2, 0) is 14.0 Å². The lowest BCUT2D eigenvalue weighted by molar-refractivity contribution is 0.496. The smallest absolute Gasteiger partial charge is 0.216 e. The molecule has 150 valence electrons. The third kappa shape index (κ3) is 5.29. The molecule has 2 aromatic carbocycles. The summed E-state index contributed by atoms with van der Waals surface area (Å²) in [6.45, 7) is 0.754. The standard InChI is InChI=1S/C19H15Cl7N2/c1-27-6-7-28(11-27)17-5-3-13(10-16(17)20)8-12-2-4-14(18(21,22)23)15(9-12)19(24,25)26/h2-7,9-10H,8,11H2,1H3. The number of alkyl halides is 6. The molecule has 1 aliphatic rings. The zero-order valence-corrected chi connectivity index (χ0v) is 19.9. The summed E-state index contributed by atoms with van der Waals surface area (Å²) in [7, 11) is 2.00. The van der Waals surface area contributed by atoms with E-state index in [0.29, 0.717) is 22.6 Å². The normalized spacial score (nSPS) is 14.9. The minimum Gasteiger partial charge on any atom is -0.361 e. The van der Waals surface area contributed by atoms with Crippen molar-refractivity contribution in [1.82, 2.24) is 4.90 Å². The Balaban J connectivity index is 1.88. The van der Waals surface area contributed by atoms with Crippen molar-refractivity contribution in [2.45, 2.75) is 14.0 Å². The Morgan fingerprint density at radius 1 is 0.821 bits per heavy atom. The van der Waals surface area contributed by atoms with Gasteiger partial charge in [0.25, 0.3) is 0 Å². The average Bonchev–Trinajstić information content (AvgIpc) is 2.99. The van der Waals surface area contributed by atoms with Crippen LogP contribution in [0.3, 0.4) is 0 Å². The lowest BCUT2D eigenvalue weighted by Crippen LogP contribution is -2.21. The van der Waals surface area contributed by atoms with Gasteiger partial charge in [0.1, 0.15) is 0 Å². The van der Waals surface area contributed by atoms with Gasteiger partial charge in [0.15, 0.2) is 0 Å². The van der Waals surface area contributed by atoms with E-state index in [1.165, 1.54) is 0 Å². The predicted molar refractivity (Wildman–Crippen MR) is 123 cm³/mol. The van der Waals surface area contributed by atoms with Crippen LogP contribution in [0.1, 0.15) is 22.3 Å². The molecule has 0 saturated carbocycles. The van der Waals surface area contributed by atoms with Crippen LogP contribution in [0.5, 0.6) is 0 Å². The van der Waals surface area contributed by atoms with Gasteiger partial charge >= 0.3 is 0 Å². The molecule has 2 aromatic rings. The summed E-state index contributed by atoms with van der Waals surface area (Å²) in [4.78, 5) is 4.14. The third-order valence-electron chi connectivity index (χ3n) is 4.30. The quantitative estimate of drug-likeness (QED) is 0.383. The van der Waals surface area contributed by atoms with Gasteiger partial charge in [-0.05, 0) is 29.7 Å². The van der Waals surface area contributed by atoms with E-state index in [9.17, 15) is 0 Å². The monoisotopic (exact) mass is 516 g/mol. The minimum atomic E-state index is -1.72. The van der Waals surface area contributed by atoms with Crippen molar-refractivity contribution in [2.24, 2.45) is 0 Å². The molecule has 0 bridgehead atoms. The Labute approximate surface area is 199 Å². The molecule has 0 saturated heterocycles. The molecule has 0 radical (unpaired) electrons. The van der Waals surface area contributed by atoms with E-state index in [1.807, 2.05) is 43.7 Å². The summed E-state index contributed by atoms with van der Waals surface area (Å²) in [6, 6.07) is 11.2. The number of hydrogen-bond donors (Lipinski definition) is 0. The predicted octanol–water partition coefficient (Wildman–Crippen LogP) is 7.76. The fourth-order valence-corrected chi connectivity index (χ4v) is 4.27. The van der Waals surface area contributed by atoms with Gasteiger partial charge in [-0.25, -0.2) is 0 Å². The van der Waals surface area contributed by atoms with Crippen molar-refractivity contribution in [3.8, 4) is 0 Å². The van der Waals surface area contributed by atoms with E-state index >= 15 is 0 Å². The number of rotatable bonds is 3. The Hall–Kier alpha value is -0.190. The maximum atomic E-state index is 6.50. The highest BCUT2D eigenvalue weighted by Gasteiger charge is 2.34. The molecule has 3 rings (SSSR count). The number of nitrogens with zero attached hydrogens (tertiary/aromatic N) is 2. The van der Waals surface area contributed by atoms with Crippen molar-refractivity contribution in [1.29, 1.82) is 0 Å². The molecular formula is C19H15Cl7N2. The summed E-state index contributed by atoms with van der Waals surface area (Å²) in [5.74, 6) is 0. The first-order valence-electron chi connectivity index (χ1n) is 8.16. The van der Waals surface area contributed by atoms with Gasteiger partial charge in [0, 0.05) is 30.6 Å². The largest absolute Gasteiger partial charge is 0.361 e. The lowest BCUT2D eigenvalue weighted by Gasteiger charge is -2.22. The maximum Gasteiger partial charge on any atom is 0.216 e. The van der Waals surface area contributed by atoms with Crippen LogP contribution in [0, 0.1) is 0 Å². The summed E-state index contributed by atoms with van der Waals surface area (Å²) >= 11 is 42.8. The van der Waals surface area contributed by atoms with Crippen LogP contribution < -0.4 is 4.90 Å². The Kier molecular flexibility index (Phi) is 6.84. The summed E-state index contributed by atoms with van der Waals surface area (Å²) in [5.41, 5.74) is 3.54. The van der Waals surface area contributed by atoms with E-state index in [1.54, 1.807) is 12.1 Å². The highest BCUT2D eigenvalue weighted by atomic mass is 35.6. The Morgan fingerprint density at radius 2 is 1.43 bits per heavy atom. The third-order valence-corrected chi connectivity index (χ3v) is 5.83. The van der Waals surface area contributed by atoms with Crippen LogP contribution in [-0.4, -0.2) is 18.6 Å². The second-order valence-electron chi connectivity index (χ2n) is 6.50. The van der Waals surface area contributed by atoms with Gasteiger partial charge in [-0.15, -0.1) is 0 Å². The summed E-state index contributed by atoms with van der Waals surface area (Å²) < 4.78 is -3.41. The number of halogens is 7. The zero-order chi connectivity index (χ0) is 20.7. The number of anilines is 1. The van der Waals surface area contributed by atoms with Gasteiger partial charge in [-0.2, -0.15) is 0 Å². The van der Waals surface area contributed by atoms with Crippen molar-refractivity contribution >= 4 is 86.9 Å². The van der Waals surface area contributed by atoms with Gasteiger partial charge in [0.2, 0.25) is 7.59 Å². The second kappa shape index (κ2) is 8.51. The molecule has 0 amide bonds. The van der Waals surface area contributed by atoms with Crippen LogP contribution in [0.4, 0.5) is 5.69 Å². The SMILES string of the molecule is CN1C=CN(c2ccc(Cc3ccc(C(Cl)(Cl)Cl)c(C(Cl)(Cl)Cl)c3)cc2Cl)C1. The average molecular weight is 520 g/mol. The van der Waals surface area contributed by atoms with Crippen molar-refractivity contribution < 1.29 is 0 Å². The molecule has 0 N–H and O–H groups in total. The van der Waals surface area contributed by atoms with Crippen molar-refractivity contribution in [2.75, 3.05) is 18.6 Å². The van der Waals surface area contributed by atoms with Crippen LogP contribution >= 0.6 is 81.2 Å². The first-order chi connectivity index (χ1) is 12.9. The minimum absolute atomic E-state index is 0.333. The summed E-state index contributed by atoms with van der Waals surface area (Å²) in [5, 5.41) is 0.664. The first-order valence-corrected chi connectivity index (χ1v) is 10.8. The van der Waals surface area contributed by atoms with E-state index in [0.717, 1.165) is 23.5 Å². The van der Waals surface area contributed by atoms with Crippen LogP contribution in [0.25, 0.3) is 0 Å². The molecule has 1 aliphatic heterocycles. The first kappa shape index (κ1) is 22.5. The van der Waals surface area contributed by atoms with Crippen LogP contribution in [0.2, 0.25) is 5.02 Å². The topological polar surface area (TPSA) is 6.48 Å². The van der Waals surface area contributed by atoms with Gasteiger partial charge in [-0.1, -0.05) is 105 Å². The molecule has 0 spiro atoms. The molecule has 9 heteroatoms. The van der Waals surface area contributed by atoms with Gasteiger partial charge in [0.05, 0.1) is 17.4 Å². The highest BCUT2D eigenvalue weighted by Crippen LogP contribution is 2.48. The Morgan fingerprint density at radius 3 is 1.96 bits per heavy atom. The molecule has 28 heavy (non-hydrogen) atoms. The molecular weight excluding hydrogens is 504 g/mol. The van der Waals surface area contributed by atoms with E-state index in [2.05, 4.69) is 9.80 Å². The maximum absolute atomic E-state index is 6.50. The molecule has 0 fully saturated rings. The second-order valence-corrected chi connectivity index (χ2v) is 11.5. The molecule has 0 unspecified atom stereocenters. The van der Waals surface area contributed by atoms with Gasteiger partial charge in [-0.3, -0.25) is 0 Å². The summed E-state index contributed by atoms with van der Waals surface area (Å²) in [6.07, 6.45) is 4.57. The van der Waals surface area contributed by atoms with Crippen LogP contribution in [0.15, 0.2) is 48.8 Å². The fraction of sp³-hybridized carbons (Fsp3) is 0.263. The number of hydrogen-bond acceptors (Lipinski definition) is 2. The molecule has 0 aliphatic carbocycles.